The molecular weight excluding hydrogens is 222 g/mol. The lowest BCUT2D eigenvalue weighted by atomic mass is 10.0. The molecule has 0 amide bonds. The summed E-state index contributed by atoms with van der Waals surface area (Å²) in [6.07, 6.45) is 7.04. The Morgan fingerprint density at radius 1 is 1.39 bits per heavy atom. The number of hydrogen-bond donors (Lipinski definition) is 0. The largest absolute Gasteiger partial charge is 0.291 e. The van der Waals surface area contributed by atoms with Crippen LogP contribution in [0.25, 0.3) is 10.9 Å². The Balaban J connectivity index is 2.48. The van der Waals surface area contributed by atoms with Gasteiger partial charge in [-0.3, -0.25) is 9.88 Å². The van der Waals surface area contributed by atoms with E-state index in [9.17, 15) is 0 Å². The highest BCUT2D eigenvalue weighted by Gasteiger charge is 2.08. The van der Waals surface area contributed by atoms with Crippen LogP contribution < -0.4 is 0 Å². The number of nitrogens with zero attached hydrogens (tertiary/aromatic N) is 3. The molecule has 0 radical (unpaired) electrons. The summed E-state index contributed by atoms with van der Waals surface area (Å²) in [4.78, 5) is 6.41. The SMILES string of the molecule is C#CCN(C)Cc1ccc(C#N)c2cccnc12. The second-order valence-corrected chi connectivity index (χ2v) is 4.16. The third kappa shape index (κ3) is 2.32. The predicted molar refractivity (Wildman–Crippen MR) is 71.6 cm³/mol. The summed E-state index contributed by atoms with van der Waals surface area (Å²) < 4.78 is 0. The first kappa shape index (κ1) is 12.1. The van der Waals surface area contributed by atoms with Gasteiger partial charge in [0.15, 0.2) is 0 Å². The van der Waals surface area contributed by atoms with E-state index >= 15 is 0 Å². The van der Waals surface area contributed by atoms with Crippen LogP contribution in [0.3, 0.4) is 0 Å². The fourth-order valence-electron chi connectivity index (χ4n) is 1.96. The van der Waals surface area contributed by atoms with E-state index in [0.29, 0.717) is 12.1 Å². The molecule has 1 aromatic heterocycles. The van der Waals surface area contributed by atoms with Crippen molar-refractivity contribution in [1.29, 1.82) is 5.26 Å². The highest BCUT2D eigenvalue weighted by atomic mass is 15.1. The van der Waals surface area contributed by atoms with E-state index in [1.807, 2.05) is 36.2 Å². The number of nitriles is 1. The minimum atomic E-state index is 0.592. The average Bonchev–Trinajstić information content (AvgIpc) is 2.39. The molecule has 3 heteroatoms. The zero-order chi connectivity index (χ0) is 13.0. The maximum atomic E-state index is 9.08. The normalized spacial score (nSPS) is 10.2. The molecule has 1 heterocycles. The van der Waals surface area contributed by atoms with E-state index in [1.165, 1.54) is 0 Å². The quantitative estimate of drug-likeness (QED) is 0.765. The third-order valence-electron chi connectivity index (χ3n) is 2.78. The van der Waals surface area contributed by atoms with Crippen molar-refractivity contribution in [3.8, 4) is 18.4 Å². The van der Waals surface area contributed by atoms with Crippen LogP contribution in [-0.2, 0) is 6.54 Å². The van der Waals surface area contributed by atoms with Gasteiger partial charge in [-0.15, -0.1) is 6.42 Å². The highest BCUT2D eigenvalue weighted by molar-refractivity contribution is 5.87. The van der Waals surface area contributed by atoms with Crippen LogP contribution in [-0.4, -0.2) is 23.5 Å². The lowest BCUT2D eigenvalue weighted by Gasteiger charge is -2.14. The van der Waals surface area contributed by atoms with E-state index < -0.39 is 0 Å². The number of rotatable bonds is 3. The zero-order valence-corrected chi connectivity index (χ0v) is 10.2. The molecule has 0 aliphatic rings. The number of pyridine rings is 1. The van der Waals surface area contributed by atoms with Gasteiger partial charge in [0.05, 0.1) is 23.7 Å². The monoisotopic (exact) mass is 235 g/mol. The first-order valence-corrected chi connectivity index (χ1v) is 5.65. The molecule has 0 spiro atoms. The Morgan fingerprint density at radius 3 is 2.94 bits per heavy atom. The average molecular weight is 235 g/mol. The van der Waals surface area contributed by atoms with E-state index in [2.05, 4.69) is 17.0 Å². The Labute approximate surface area is 107 Å². The molecule has 2 aromatic rings. The Bertz CT molecular complexity index is 647. The number of terminal acetylenes is 1. The van der Waals surface area contributed by atoms with Gasteiger partial charge in [0.25, 0.3) is 0 Å². The summed E-state index contributed by atoms with van der Waals surface area (Å²) in [5.41, 5.74) is 2.62. The summed E-state index contributed by atoms with van der Waals surface area (Å²) in [7, 11) is 1.97. The standard InChI is InChI=1S/C15H13N3/c1-3-9-18(2)11-13-7-6-12(10-16)14-5-4-8-17-15(13)14/h1,4-8H,9,11H2,2H3. The molecule has 2 rings (SSSR count). The topological polar surface area (TPSA) is 39.9 Å². The van der Waals surface area contributed by atoms with Crippen LogP contribution in [0.2, 0.25) is 0 Å². The first-order valence-electron chi connectivity index (χ1n) is 5.65. The maximum absolute atomic E-state index is 9.08. The van der Waals surface area contributed by atoms with Crippen LogP contribution in [0, 0.1) is 23.7 Å². The molecule has 0 saturated carbocycles. The highest BCUT2D eigenvalue weighted by Crippen LogP contribution is 2.21. The molecule has 18 heavy (non-hydrogen) atoms. The lowest BCUT2D eigenvalue weighted by Crippen LogP contribution is -2.18. The minimum absolute atomic E-state index is 0.592. The molecule has 0 unspecified atom stereocenters. The molecule has 0 aliphatic heterocycles. The van der Waals surface area contributed by atoms with E-state index in [1.54, 1.807) is 6.20 Å². The van der Waals surface area contributed by atoms with Gasteiger partial charge in [0.1, 0.15) is 0 Å². The number of hydrogen-bond acceptors (Lipinski definition) is 3. The molecular formula is C15H13N3. The van der Waals surface area contributed by atoms with Crippen LogP contribution in [0.15, 0.2) is 30.5 Å². The molecule has 0 bridgehead atoms. The molecule has 0 N–H and O–H groups in total. The second kappa shape index (κ2) is 5.31. The van der Waals surface area contributed by atoms with Crippen LogP contribution in [0.5, 0.6) is 0 Å². The lowest BCUT2D eigenvalue weighted by molar-refractivity contribution is 0.370. The van der Waals surface area contributed by atoms with Gasteiger partial charge >= 0.3 is 0 Å². The van der Waals surface area contributed by atoms with Crippen LogP contribution >= 0.6 is 0 Å². The summed E-state index contributed by atoms with van der Waals surface area (Å²) in [6.45, 7) is 1.32. The fraction of sp³-hybridized carbons (Fsp3) is 0.200. The van der Waals surface area contributed by atoms with Gasteiger partial charge in [-0.2, -0.15) is 5.26 Å². The van der Waals surface area contributed by atoms with Gasteiger partial charge in [0.2, 0.25) is 0 Å². The first-order chi connectivity index (χ1) is 8.76. The summed E-state index contributed by atoms with van der Waals surface area (Å²) >= 11 is 0. The number of aromatic nitrogens is 1. The van der Waals surface area contributed by atoms with E-state index in [0.717, 1.165) is 23.0 Å². The summed E-state index contributed by atoms with van der Waals surface area (Å²) in [6, 6.07) is 9.74. The molecule has 0 fully saturated rings. The van der Waals surface area contributed by atoms with Crippen molar-refractivity contribution in [3.63, 3.8) is 0 Å². The number of benzene rings is 1. The summed E-state index contributed by atoms with van der Waals surface area (Å²) in [5.74, 6) is 2.61. The minimum Gasteiger partial charge on any atom is -0.291 e. The van der Waals surface area contributed by atoms with E-state index in [4.69, 9.17) is 11.7 Å². The van der Waals surface area contributed by atoms with Crippen molar-refractivity contribution in [3.05, 3.63) is 41.6 Å². The van der Waals surface area contributed by atoms with Gasteiger partial charge in [-0.25, -0.2) is 0 Å². The zero-order valence-electron chi connectivity index (χ0n) is 10.2. The van der Waals surface area contributed by atoms with E-state index in [-0.39, 0.29) is 0 Å². The predicted octanol–water partition coefficient (Wildman–Crippen LogP) is 2.17. The van der Waals surface area contributed by atoms with Crippen molar-refractivity contribution in [2.24, 2.45) is 0 Å². The Morgan fingerprint density at radius 2 is 2.22 bits per heavy atom. The Kier molecular flexibility index (Phi) is 3.57. The van der Waals surface area contributed by atoms with Crippen molar-refractivity contribution >= 4 is 10.9 Å². The molecule has 1 aromatic carbocycles. The van der Waals surface area contributed by atoms with Crippen molar-refractivity contribution in [1.82, 2.24) is 9.88 Å². The van der Waals surface area contributed by atoms with Gasteiger partial charge in [0, 0.05) is 18.1 Å². The smallest absolute Gasteiger partial charge is 0.0998 e. The third-order valence-corrected chi connectivity index (χ3v) is 2.78. The molecule has 88 valence electrons. The van der Waals surface area contributed by atoms with Gasteiger partial charge in [-0.05, 0) is 30.8 Å². The van der Waals surface area contributed by atoms with Crippen LogP contribution in [0.4, 0.5) is 0 Å². The van der Waals surface area contributed by atoms with Crippen LogP contribution in [0.1, 0.15) is 11.1 Å². The fourth-order valence-corrected chi connectivity index (χ4v) is 1.96. The molecule has 3 nitrogen and oxygen atoms in total. The van der Waals surface area contributed by atoms with Gasteiger partial charge in [-0.1, -0.05) is 12.0 Å². The van der Waals surface area contributed by atoms with Crippen molar-refractivity contribution in [2.45, 2.75) is 6.54 Å². The Hall–Kier alpha value is -2.36. The maximum Gasteiger partial charge on any atom is 0.0998 e. The van der Waals surface area contributed by atoms with Crippen molar-refractivity contribution < 1.29 is 0 Å². The van der Waals surface area contributed by atoms with Crippen molar-refractivity contribution in [2.75, 3.05) is 13.6 Å². The molecule has 0 saturated heterocycles. The van der Waals surface area contributed by atoms with Gasteiger partial charge < -0.3 is 0 Å². The molecule has 0 atom stereocenters. The number of fused-ring (bicyclic) bond motifs is 1. The summed E-state index contributed by atoms with van der Waals surface area (Å²) in [5, 5.41) is 9.97. The molecule has 0 aliphatic carbocycles. The second-order valence-electron chi connectivity index (χ2n) is 4.16.